The van der Waals surface area contributed by atoms with Crippen LogP contribution in [0.4, 0.5) is 13.2 Å². The third kappa shape index (κ3) is 3.46. The highest BCUT2D eigenvalue weighted by atomic mass is 19.4. The Morgan fingerprint density at radius 2 is 1.83 bits per heavy atom. The summed E-state index contributed by atoms with van der Waals surface area (Å²) >= 11 is 0. The van der Waals surface area contributed by atoms with Gasteiger partial charge in [0.05, 0.1) is 5.56 Å². The minimum atomic E-state index is -4.31. The second-order valence-electron chi connectivity index (χ2n) is 4.10. The van der Waals surface area contributed by atoms with Crippen LogP contribution in [-0.4, -0.2) is 24.5 Å². The van der Waals surface area contributed by atoms with Gasteiger partial charge in [-0.25, -0.2) is 0 Å². The van der Waals surface area contributed by atoms with E-state index in [0.29, 0.717) is 12.1 Å². The third-order valence-electron chi connectivity index (χ3n) is 3.08. The molecule has 5 heteroatoms. The molecule has 0 amide bonds. The second kappa shape index (κ2) is 6.20. The van der Waals surface area contributed by atoms with E-state index in [9.17, 15) is 13.2 Å². The molecule has 2 N–H and O–H groups in total. The van der Waals surface area contributed by atoms with Gasteiger partial charge in [-0.05, 0) is 30.8 Å². The fourth-order valence-corrected chi connectivity index (χ4v) is 2.08. The zero-order valence-corrected chi connectivity index (χ0v) is 10.7. The molecule has 2 nitrogen and oxygen atoms in total. The average Bonchev–Trinajstić information content (AvgIpc) is 2.35. The van der Waals surface area contributed by atoms with E-state index in [1.807, 2.05) is 13.8 Å². The molecule has 1 aromatic carbocycles. The Morgan fingerprint density at radius 1 is 1.22 bits per heavy atom. The van der Waals surface area contributed by atoms with Gasteiger partial charge in [0.2, 0.25) is 0 Å². The van der Waals surface area contributed by atoms with Gasteiger partial charge in [-0.2, -0.15) is 13.2 Å². The van der Waals surface area contributed by atoms with Crippen LogP contribution >= 0.6 is 0 Å². The van der Waals surface area contributed by atoms with Crippen LogP contribution in [0.15, 0.2) is 24.3 Å². The van der Waals surface area contributed by atoms with E-state index >= 15 is 0 Å². The largest absolute Gasteiger partial charge is 0.416 e. The molecule has 0 heterocycles. The van der Waals surface area contributed by atoms with Crippen molar-refractivity contribution in [3.05, 3.63) is 35.4 Å². The molecule has 0 aliphatic rings. The lowest BCUT2D eigenvalue weighted by atomic mass is 10.0. The molecule has 1 unspecified atom stereocenters. The van der Waals surface area contributed by atoms with Crippen LogP contribution in [0.5, 0.6) is 0 Å². The van der Waals surface area contributed by atoms with Crippen molar-refractivity contribution in [2.24, 2.45) is 5.73 Å². The van der Waals surface area contributed by atoms with Gasteiger partial charge < -0.3 is 5.73 Å². The van der Waals surface area contributed by atoms with E-state index in [1.54, 1.807) is 6.07 Å². The molecule has 18 heavy (non-hydrogen) atoms. The van der Waals surface area contributed by atoms with E-state index in [2.05, 4.69) is 4.90 Å². The molecular formula is C13H19F3N2. The molecule has 0 bridgehead atoms. The van der Waals surface area contributed by atoms with Gasteiger partial charge in [-0.3, -0.25) is 4.90 Å². The number of hydrogen-bond acceptors (Lipinski definition) is 2. The molecule has 1 rings (SSSR count). The number of rotatable bonds is 5. The van der Waals surface area contributed by atoms with Crippen LogP contribution in [0.25, 0.3) is 0 Å². The standard InChI is InChI=1S/C13H19F3N2/c1-3-18(4-2)12(9-17)10-6-5-7-11(8-10)13(14,15)16/h5-8,12H,3-4,9,17H2,1-2H3. The minimum absolute atomic E-state index is 0.165. The van der Waals surface area contributed by atoms with Crippen molar-refractivity contribution in [3.63, 3.8) is 0 Å². The van der Waals surface area contributed by atoms with E-state index in [0.717, 1.165) is 19.2 Å². The molecule has 0 fully saturated rings. The Labute approximate surface area is 106 Å². The highest BCUT2D eigenvalue weighted by Crippen LogP contribution is 2.31. The molecule has 0 saturated carbocycles. The number of nitrogens with zero attached hydrogens (tertiary/aromatic N) is 1. The predicted octanol–water partition coefficient (Wildman–Crippen LogP) is 3.05. The van der Waals surface area contributed by atoms with Crippen molar-refractivity contribution >= 4 is 0 Å². The minimum Gasteiger partial charge on any atom is -0.329 e. The van der Waals surface area contributed by atoms with Gasteiger partial charge in [-0.15, -0.1) is 0 Å². The number of halogens is 3. The van der Waals surface area contributed by atoms with Crippen molar-refractivity contribution in [1.29, 1.82) is 0 Å². The summed E-state index contributed by atoms with van der Waals surface area (Å²) < 4.78 is 38.0. The van der Waals surface area contributed by atoms with E-state index in [-0.39, 0.29) is 6.04 Å². The van der Waals surface area contributed by atoms with Gasteiger partial charge in [0.25, 0.3) is 0 Å². The average molecular weight is 260 g/mol. The van der Waals surface area contributed by atoms with Crippen molar-refractivity contribution in [1.82, 2.24) is 4.90 Å². The van der Waals surface area contributed by atoms with Crippen molar-refractivity contribution < 1.29 is 13.2 Å². The van der Waals surface area contributed by atoms with Crippen molar-refractivity contribution in [2.45, 2.75) is 26.1 Å². The van der Waals surface area contributed by atoms with Crippen LogP contribution in [0.3, 0.4) is 0 Å². The quantitative estimate of drug-likeness (QED) is 0.881. The lowest BCUT2D eigenvalue weighted by Gasteiger charge is -2.29. The lowest BCUT2D eigenvalue weighted by molar-refractivity contribution is -0.137. The first-order valence-electron chi connectivity index (χ1n) is 6.05. The summed E-state index contributed by atoms with van der Waals surface area (Å²) in [5.41, 5.74) is 5.69. The molecule has 0 aromatic heterocycles. The zero-order valence-electron chi connectivity index (χ0n) is 10.7. The summed E-state index contributed by atoms with van der Waals surface area (Å²) in [4.78, 5) is 2.05. The smallest absolute Gasteiger partial charge is 0.329 e. The van der Waals surface area contributed by atoms with E-state index < -0.39 is 11.7 Å². The van der Waals surface area contributed by atoms with Gasteiger partial charge in [0.15, 0.2) is 0 Å². The first-order chi connectivity index (χ1) is 8.43. The Hall–Kier alpha value is -1.07. The number of benzene rings is 1. The molecular weight excluding hydrogens is 241 g/mol. The highest BCUT2D eigenvalue weighted by Gasteiger charge is 2.31. The number of nitrogens with two attached hydrogens (primary N) is 1. The maximum absolute atomic E-state index is 12.7. The first-order valence-corrected chi connectivity index (χ1v) is 6.05. The maximum Gasteiger partial charge on any atom is 0.416 e. The van der Waals surface area contributed by atoms with Gasteiger partial charge in [-0.1, -0.05) is 26.0 Å². The fourth-order valence-electron chi connectivity index (χ4n) is 2.08. The predicted molar refractivity (Wildman–Crippen MR) is 66.2 cm³/mol. The van der Waals surface area contributed by atoms with E-state index in [1.165, 1.54) is 12.1 Å². The summed E-state index contributed by atoms with van der Waals surface area (Å²) in [7, 11) is 0. The Morgan fingerprint density at radius 3 is 2.28 bits per heavy atom. The molecule has 0 radical (unpaired) electrons. The summed E-state index contributed by atoms with van der Waals surface area (Å²) in [6, 6.07) is 5.24. The number of alkyl halides is 3. The SMILES string of the molecule is CCN(CC)C(CN)c1cccc(C(F)(F)F)c1. The lowest BCUT2D eigenvalue weighted by Crippen LogP contribution is -2.33. The molecule has 0 spiro atoms. The topological polar surface area (TPSA) is 29.3 Å². The summed E-state index contributed by atoms with van der Waals surface area (Å²) in [5, 5.41) is 0. The molecule has 0 aliphatic heterocycles. The second-order valence-corrected chi connectivity index (χ2v) is 4.10. The Kier molecular flexibility index (Phi) is 5.16. The Balaban J connectivity index is 3.07. The van der Waals surface area contributed by atoms with Crippen LogP contribution in [0.1, 0.15) is 31.0 Å². The van der Waals surface area contributed by atoms with Crippen LogP contribution in [0, 0.1) is 0 Å². The van der Waals surface area contributed by atoms with Crippen molar-refractivity contribution in [2.75, 3.05) is 19.6 Å². The van der Waals surface area contributed by atoms with Crippen LogP contribution in [0.2, 0.25) is 0 Å². The number of hydrogen-bond donors (Lipinski definition) is 1. The van der Waals surface area contributed by atoms with Crippen LogP contribution < -0.4 is 5.73 Å². The summed E-state index contributed by atoms with van der Waals surface area (Å²) in [5.74, 6) is 0. The van der Waals surface area contributed by atoms with Gasteiger partial charge in [0.1, 0.15) is 0 Å². The normalized spacial score (nSPS) is 13.9. The van der Waals surface area contributed by atoms with Gasteiger partial charge in [0, 0.05) is 12.6 Å². The summed E-state index contributed by atoms with van der Waals surface area (Å²) in [6.45, 7) is 5.77. The van der Waals surface area contributed by atoms with Crippen molar-refractivity contribution in [3.8, 4) is 0 Å². The maximum atomic E-state index is 12.7. The summed E-state index contributed by atoms with van der Waals surface area (Å²) in [6.07, 6.45) is -4.31. The third-order valence-corrected chi connectivity index (χ3v) is 3.08. The molecule has 1 atom stereocenters. The molecule has 102 valence electrons. The van der Waals surface area contributed by atoms with Crippen LogP contribution in [-0.2, 0) is 6.18 Å². The first kappa shape index (κ1) is 15.0. The Bertz CT molecular complexity index is 373. The zero-order chi connectivity index (χ0) is 13.8. The number of likely N-dealkylation sites (N-methyl/N-ethyl adjacent to an activating group) is 1. The molecule has 1 aromatic rings. The van der Waals surface area contributed by atoms with E-state index in [4.69, 9.17) is 5.73 Å². The fraction of sp³-hybridized carbons (Fsp3) is 0.538. The monoisotopic (exact) mass is 260 g/mol. The molecule has 0 saturated heterocycles. The highest BCUT2D eigenvalue weighted by molar-refractivity contribution is 5.28. The van der Waals surface area contributed by atoms with Gasteiger partial charge >= 0.3 is 6.18 Å². The molecule has 0 aliphatic carbocycles.